The van der Waals surface area contributed by atoms with E-state index in [4.69, 9.17) is 15.6 Å². The van der Waals surface area contributed by atoms with Crippen molar-refractivity contribution >= 4 is 18.0 Å². The standard InChI is InChI=1S/C26H24F2N4O3/c27-21-5-2-6-22(28)20(21)15-35-19-4-1-3-18(13-19)25-31-24(23-14-30-11-12-32(23,25)29)16-7-9-17(10-8-16)26(33)34/h1-6,11-14,16-17H,7-10,15,29H2/p+1. The number of ether oxygens (including phenoxy) is 1. The molecule has 3 aliphatic rings. The predicted molar refractivity (Wildman–Crippen MR) is 126 cm³/mol. The van der Waals surface area contributed by atoms with E-state index in [0.29, 0.717) is 42.8 Å². The van der Waals surface area contributed by atoms with Crippen molar-refractivity contribution in [1.82, 2.24) is 0 Å². The summed E-state index contributed by atoms with van der Waals surface area (Å²) in [5.41, 5.74) is 2.13. The minimum Gasteiger partial charge on any atom is -0.489 e. The molecule has 2 heterocycles. The highest BCUT2D eigenvalue weighted by Gasteiger charge is 2.46. The number of hydrogen-bond acceptors (Lipinski definition) is 5. The first-order chi connectivity index (χ1) is 16.9. The molecule has 0 aromatic heterocycles. The summed E-state index contributed by atoms with van der Waals surface area (Å²) < 4.78 is 33.5. The zero-order valence-electron chi connectivity index (χ0n) is 18.9. The lowest BCUT2D eigenvalue weighted by atomic mass is 9.80. The fourth-order valence-corrected chi connectivity index (χ4v) is 4.87. The first kappa shape index (κ1) is 23.1. The van der Waals surface area contributed by atoms with Gasteiger partial charge in [0.15, 0.2) is 0 Å². The second kappa shape index (κ2) is 9.16. The summed E-state index contributed by atoms with van der Waals surface area (Å²) in [7, 11) is 0. The van der Waals surface area contributed by atoms with Gasteiger partial charge in [0.2, 0.25) is 5.70 Å². The molecule has 0 saturated heterocycles. The molecule has 180 valence electrons. The molecule has 1 atom stereocenters. The van der Waals surface area contributed by atoms with Crippen molar-refractivity contribution in [2.75, 3.05) is 0 Å². The molecule has 1 unspecified atom stereocenters. The number of fused-ring (bicyclic) bond motifs is 1. The number of halogens is 2. The topological polar surface area (TPSA) is 97.3 Å². The number of allylic oxidation sites excluding steroid dienone is 2. The van der Waals surface area contributed by atoms with E-state index in [-0.39, 0.29) is 28.6 Å². The molecule has 2 aliphatic heterocycles. The van der Waals surface area contributed by atoms with E-state index in [0.717, 1.165) is 11.4 Å². The molecular weight excluding hydrogens is 454 g/mol. The van der Waals surface area contributed by atoms with E-state index < -0.39 is 17.6 Å². The highest BCUT2D eigenvalue weighted by molar-refractivity contribution is 6.00. The molecular formula is C26H25F2N4O3+. The lowest BCUT2D eigenvalue weighted by Gasteiger charge is -2.28. The SMILES string of the molecule is N[N+]12C=CN=CC1=C(C1CCC(C(=O)O)CC1)N=C2c1cccc(OCc2c(F)cccc2F)c1. The van der Waals surface area contributed by atoms with E-state index in [1.165, 1.54) is 18.2 Å². The van der Waals surface area contributed by atoms with Crippen molar-refractivity contribution in [1.29, 1.82) is 0 Å². The van der Waals surface area contributed by atoms with Crippen LogP contribution in [0.25, 0.3) is 0 Å². The third-order valence-electron chi connectivity index (χ3n) is 6.82. The van der Waals surface area contributed by atoms with Crippen LogP contribution in [0.2, 0.25) is 0 Å². The Hall–Kier alpha value is -3.69. The van der Waals surface area contributed by atoms with Crippen molar-refractivity contribution in [3.05, 3.63) is 89.0 Å². The van der Waals surface area contributed by atoms with Crippen molar-refractivity contribution in [2.24, 2.45) is 27.7 Å². The number of nitrogens with zero attached hydrogens (tertiary/aromatic N) is 3. The summed E-state index contributed by atoms with van der Waals surface area (Å²) >= 11 is 0. The zero-order chi connectivity index (χ0) is 24.6. The number of hydrogen-bond donors (Lipinski definition) is 2. The molecule has 3 N–H and O–H groups in total. The van der Waals surface area contributed by atoms with Crippen LogP contribution in [0.4, 0.5) is 8.78 Å². The highest BCUT2D eigenvalue weighted by atomic mass is 19.1. The zero-order valence-corrected chi connectivity index (χ0v) is 18.9. The molecule has 1 saturated carbocycles. The first-order valence-corrected chi connectivity index (χ1v) is 11.5. The lowest BCUT2D eigenvalue weighted by Crippen LogP contribution is -2.53. The second-order valence-electron chi connectivity index (χ2n) is 8.96. The van der Waals surface area contributed by atoms with E-state index in [9.17, 15) is 18.7 Å². The molecule has 1 aliphatic carbocycles. The summed E-state index contributed by atoms with van der Waals surface area (Å²) in [5.74, 6) is 5.47. The van der Waals surface area contributed by atoms with Crippen LogP contribution in [-0.4, -0.2) is 27.7 Å². The van der Waals surface area contributed by atoms with Crippen molar-refractivity contribution in [2.45, 2.75) is 32.3 Å². The molecule has 0 spiro atoms. The van der Waals surface area contributed by atoms with Gasteiger partial charge >= 0.3 is 5.97 Å². The van der Waals surface area contributed by atoms with Crippen LogP contribution >= 0.6 is 0 Å². The number of carboxylic acids is 1. The minimum atomic E-state index is -0.755. The van der Waals surface area contributed by atoms with Crippen LogP contribution in [-0.2, 0) is 11.4 Å². The number of carbonyl (C=O) groups is 1. The second-order valence-corrected chi connectivity index (χ2v) is 8.96. The Labute approximate surface area is 201 Å². The summed E-state index contributed by atoms with van der Waals surface area (Å²) in [6.07, 6.45) is 7.67. The Bertz CT molecular complexity index is 1280. The monoisotopic (exact) mass is 479 g/mol. The Morgan fingerprint density at radius 3 is 2.54 bits per heavy atom. The van der Waals surface area contributed by atoms with Gasteiger partial charge in [0.25, 0.3) is 5.84 Å². The summed E-state index contributed by atoms with van der Waals surface area (Å²) in [6, 6.07) is 10.8. The summed E-state index contributed by atoms with van der Waals surface area (Å²) in [5, 5.41) is 9.34. The number of amidine groups is 1. The van der Waals surface area contributed by atoms with Gasteiger partial charge in [-0.15, -0.1) is 4.59 Å². The van der Waals surface area contributed by atoms with Crippen LogP contribution in [0.5, 0.6) is 5.75 Å². The lowest BCUT2D eigenvalue weighted by molar-refractivity contribution is -0.750. The van der Waals surface area contributed by atoms with Crippen molar-refractivity contribution < 1.29 is 28.0 Å². The molecule has 1 fully saturated rings. The van der Waals surface area contributed by atoms with Gasteiger partial charge in [-0.3, -0.25) is 9.79 Å². The molecule has 0 amide bonds. The fraction of sp³-hybridized carbons (Fsp3) is 0.269. The maximum absolute atomic E-state index is 14.0. The number of carboxylic acid groups (broad SMARTS) is 1. The van der Waals surface area contributed by atoms with E-state index >= 15 is 0 Å². The maximum atomic E-state index is 14.0. The number of benzene rings is 2. The molecule has 2 aromatic carbocycles. The van der Waals surface area contributed by atoms with Crippen molar-refractivity contribution in [3.8, 4) is 5.75 Å². The van der Waals surface area contributed by atoms with Gasteiger partial charge in [0.05, 0.1) is 29.5 Å². The largest absolute Gasteiger partial charge is 0.489 e. The van der Waals surface area contributed by atoms with E-state index in [2.05, 4.69) is 4.99 Å². The van der Waals surface area contributed by atoms with Gasteiger partial charge in [-0.2, -0.15) is 10.8 Å². The third-order valence-corrected chi connectivity index (χ3v) is 6.82. The highest BCUT2D eigenvalue weighted by Crippen LogP contribution is 2.41. The van der Waals surface area contributed by atoms with Crippen LogP contribution in [0, 0.1) is 23.5 Å². The summed E-state index contributed by atoms with van der Waals surface area (Å²) in [6.45, 7) is -0.259. The van der Waals surface area contributed by atoms with Gasteiger partial charge in [-0.1, -0.05) is 12.1 Å². The van der Waals surface area contributed by atoms with Crippen LogP contribution in [0.15, 0.2) is 76.2 Å². The van der Waals surface area contributed by atoms with Crippen LogP contribution in [0.3, 0.4) is 0 Å². The van der Waals surface area contributed by atoms with Gasteiger partial charge in [0, 0.05) is 5.92 Å². The normalized spacial score (nSPS) is 25.4. The van der Waals surface area contributed by atoms with Gasteiger partial charge in [-0.05, 0) is 56.0 Å². The van der Waals surface area contributed by atoms with Gasteiger partial charge in [0.1, 0.15) is 35.9 Å². The van der Waals surface area contributed by atoms with Gasteiger partial charge < -0.3 is 9.84 Å². The number of nitrogens with two attached hydrogens (primary N) is 1. The Morgan fingerprint density at radius 1 is 1.11 bits per heavy atom. The molecule has 9 heteroatoms. The maximum Gasteiger partial charge on any atom is 0.306 e. The fourth-order valence-electron chi connectivity index (χ4n) is 4.87. The first-order valence-electron chi connectivity index (χ1n) is 11.5. The minimum absolute atomic E-state index is 0.0839. The number of rotatable bonds is 6. The molecule has 35 heavy (non-hydrogen) atoms. The number of aliphatic carboxylic acids is 1. The molecule has 2 aromatic rings. The van der Waals surface area contributed by atoms with E-state index in [1.807, 2.05) is 6.07 Å². The molecule has 0 bridgehead atoms. The van der Waals surface area contributed by atoms with Gasteiger partial charge in [-0.25, -0.2) is 8.78 Å². The Morgan fingerprint density at radius 2 is 1.83 bits per heavy atom. The third kappa shape index (κ3) is 4.28. The molecule has 0 radical (unpaired) electrons. The van der Waals surface area contributed by atoms with Crippen LogP contribution < -0.4 is 10.6 Å². The van der Waals surface area contributed by atoms with E-state index in [1.54, 1.807) is 36.8 Å². The number of aliphatic imine (C=N–C) groups is 2. The van der Waals surface area contributed by atoms with Crippen LogP contribution in [0.1, 0.15) is 36.8 Å². The molecule has 7 nitrogen and oxygen atoms in total. The predicted octanol–water partition coefficient (Wildman–Crippen LogP) is 4.65. The average Bonchev–Trinajstić information content (AvgIpc) is 3.17. The smallest absolute Gasteiger partial charge is 0.306 e. The average molecular weight is 480 g/mol. The Balaban J connectivity index is 1.42. The quantitative estimate of drug-likeness (QED) is 0.466. The molecule has 5 rings (SSSR count). The Kier molecular flexibility index (Phi) is 6.04. The summed E-state index contributed by atoms with van der Waals surface area (Å²) in [4.78, 5) is 20.6. The van der Waals surface area contributed by atoms with Crippen molar-refractivity contribution in [3.63, 3.8) is 0 Å². The number of quaternary nitrogens is 1.